The van der Waals surface area contributed by atoms with E-state index in [4.69, 9.17) is 19.6 Å². The predicted octanol–water partition coefficient (Wildman–Crippen LogP) is 0.754. The Balaban J connectivity index is 2.31. The summed E-state index contributed by atoms with van der Waals surface area (Å²) >= 11 is 0. The number of hydrogen-bond donors (Lipinski definition) is 1. The number of carbonyl (C=O) groups excluding carboxylic acids is 3. The summed E-state index contributed by atoms with van der Waals surface area (Å²) in [6.07, 6.45) is 0.967. The van der Waals surface area contributed by atoms with Crippen molar-refractivity contribution in [2.45, 2.75) is 56.8 Å². The molecule has 1 saturated heterocycles. The molecule has 2 rings (SSSR count). The zero-order valence-corrected chi connectivity index (χ0v) is 17.1. The molecule has 1 aromatic rings. The number of sulfone groups is 1. The number of esters is 1. The van der Waals surface area contributed by atoms with E-state index in [9.17, 15) is 22.8 Å². The van der Waals surface area contributed by atoms with Gasteiger partial charge in [-0.15, -0.1) is 0 Å². The molecule has 1 aromatic heterocycles. The number of rotatable bonds is 7. The number of amides is 1. The molecule has 156 valence electrons. The molecular weight excluding hydrogens is 390 g/mol. The quantitative estimate of drug-likeness (QED) is 0.643. The molecule has 9 nitrogen and oxygen atoms in total. The van der Waals surface area contributed by atoms with Crippen LogP contribution in [0.25, 0.3) is 0 Å². The molecule has 1 aliphatic rings. The fourth-order valence-corrected chi connectivity index (χ4v) is 4.80. The topological polar surface area (TPSA) is 143 Å². The maximum absolute atomic E-state index is 12.9. The summed E-state index contributed by atoms with van der Waals surface area (Å²) < 4.78 is 41.0. The molecule has 3 unspecified atom stereocenters. The van der Waals surface area contributed by atoms with Crippen molar-refractivity contribution in [3.8, 4) is 0 Å². The summed E-state index contributed by atoms with van der Waals surface area (Å²) in [6, 6.07) is 1.48. The molecule has 2 heterocycles. The number of primary amides is 1. The van der Waals surface area contributed by atoms with Gasteiger partial charge in [-0.3, -0.25) is 14.4 Å². The van der Waals surface area contributed by atoms with E-state index in [0.29, 0.717) is 5.56 Å². The standard InChI is InChI=1S/C18H25NO8S/c1-17(2,3)7-13(28(23,24)10-11-5-6-25-8-11)15(21)27-14-12(20)9-26-18(14,4)16(19)22/h5-6,8,13-14H,7,9-10H2,1-4H3,(H2,19,22). The van der Waals surface area contributed by atoms with Crippen molar-refractivity contribution in [1.29, 1.82) is 0 Å². The van der Waals surface area contributed by atoms with Crippen molar-refractivity contribution < 1.29 is 36.7 Å². The molecule has 1 aliphatic heterocycles. The van der Waals surface area contributed by atoms with Gasteiger partial charge in [0, 0.05) is 5.56 Å². The average molecular weight is 415 g/mol. The number of hydrogen-bond acceptors (Lipinski definition) is 8. The van der Waals surface area contributed by atoms with Gasteiger partial charge >= 0.3 is 5.97 Å². The van der Waals surface area contributed by atoms with Crippen LogP contribution in [-0.4, -0.2) is 49.6 Å². The predicted molar refractivity (Wildman–Crippen MR) is 97.6 cm³/mol. The van der Waals surface area contributed by atoms with Gasteiger partial charge in [0.1, 0.15) is 6.61 Å². The lowest BCUT2D eigenvalue weighted by molar-refractivity contribution is -0.165. The van der Waals surface area contributed by atoms with Crippen LogP contribution in [0.4, 0.5) is 0 Å². The number of carbonyl (C=O) groups is 3. The molecule has 2 N–H and O–H groups in total. The van der Waals surface area contributed by atoms with Gasteiger partial charge in [-0.2, -0.15) is 0 Å². The Morgan fingerprint density at radius 3 is 2.54 bits per heavy atom. The highest BCUT2D eigenvalue weighted by molar-refractivity contribution is 7.92. The lowest BCUT2D eigenvalue weighted by atomic mass is 9.90. The third kappa shape index (κ3) is 4.79. The first-order chi connectivity index (χ1) is 12.8. The third-order valence-electron chi connectivity index (χ3n) is 4.47. The summed E-state index contributed by atoms with van der Waals surface area (Å²) in [5.41, 5.74) is 3.29. The van der Waals surface area contributed by atoms with Gasteiger partial charge in [-0.1, -0.05) is 20.8 Å². The number of nitrogens with two attached hydrogens (primary N) is 1. The van der Waals surface area contributed by atoms with Crippen LogP contribution in [0.2, 0.25) is 0 Å². The van der Waals surface area contributed by atoms with Crippen LogP contribution in [0, 0.1) is 5.41 Å². The number of furan rings is 1. The van der Waals surface area contributed by atoms with Gasteiger partial charge in [0.05, 0.1) is 18.3 Å². The fourth-order valence-electron chi connectivity index (χ4n) is 2.87. The minimum Gasteiger partial charge on any atom is -0.472 e. The summed E-state index contributed by atoms with van der Waals surface area (Å²) in [5, 5.41) is -1.53. The molecule has 10 heteroatoms. The number of Topliss-reactive ketones (excluding diaryl/α,β-unsaturated/α-hetero) is 1. The highest BCUT2D eigenvalue weighted by atomic mass is 32.2. The van der Waals surface area contributed by atoms with Gasteiger partial charge in [-0.05, 0) is 24.8 Å². The SMILES string of the molecule is CC(C)(C)CC(C(=O)OC1C(=O)COC1(C)C(N)=O)S(=O)(=O)Cc1ccoc1. The molecule has 0 spiro atoms. The van der Waals surface area contributed by atoms with Crippen molar-refractivity contribution in [2.24, 2.45) is 11.1 Å². The van der Waals surface area contributed by atoms with Gasteiger partial charge in [-0.25, -0.2) is 8.42 Å². The number of ether oxygens (including phenoxy) is 2. The maximum Gasteiger partial charge on any atom is 0.325 e. The van der Waals surface area contributed by atoms with Crippen LogP contribution in [0.15, 0.2) is 23.0 Å². The Bertz CT molecular complexity index is 853. The lowest BCUT2D eigenvalue weighted by Gasteiger charge is -2.29. The van der Waals surface area contributed by atoms with Gasteiger partial charge in [0.25, 0.3) is 5.91 Å². The van der Waals surface area contributed by atoms with Crippen LogP contribution < -0.4 is 5.73 Å². The Morgan fingerprint density at radius 1 is 1.39 bits per heavy atom. The van der Waals surface area contributed by atoms with Crippen molar-refractivity contribution in [3.05, 3.63) is 24.2 Å². The maximum atomic E-state index is 12.9. The Kier molecular flexibility index (Phi) is 6.05. The molecular formula is C18H25NO8S. The smallest absolute Gasteiger partial charge is 0.325 e. The molecule has 1 amide bonds. The molecule has 0 radical (unpaired) electrons. The highest BCUT2D eigenvalue weighted by Gasteiger charge is 2.54. The summed E-state index contributed by atoms with van der Waals surface area (Å²) in [6.45, 7) is 6.11. The first-order valence-corrected chi connectivity index (χ1v) is 10.4. The summed E-state index contributed by atoms with van der Waals surface area (Å²) in [4.78, 5) is 36.6. The second-order valence-corrected chi connectivity index (χ2v) is 10.4. The van der Waals surface area contributed by atoms with Crippen LogP contribution in [0.5, 0.6) is 0 Å². The first kappa shape index (κ1) is 22.1. The molecule has 0 bridgehead atoms. The summed E-state index contributed by atoms with van der Waals surface area (Å²) in [7, 11) is -4.00. The van der Waals surface area contributed by atoms with E-state index in [1.54, 1.807) is 20.8 Å². The lowest BCUT2D eigenvalue weighted by Crippen LogP contribution is -2.53. The van der Waals surface area contributed by atoms with Crippen molar-refractivity contribution in [2.75, 3.05) is 6.61 Å². The minimum absolute atomic E-state index is 0.0406. The van der Waals surface area contributed by atoms with Crippen LogP contribution in [-0.2, 0) is 39.4 Å². The van der Waals surface area contributed by atoms with E-state index in [-0.39, 0.29) is 6.42 Å². The second-order valence-electron chi connectivity index (χ2n) is 8.24. The molecule has 0 aliphatic carbocycles. The largest absolute Gasteiger partial charge is 0.472 e. The highest BCUT2D eigenvalue weighted by Crippen LogP contribution is 2.31. The van der Waals surface area contributed by atoms with Gasteiger partial charge in [0.2, 0.25) is 5.78 Å². The normalized spacial score (nSPS) is 24.1. The average Bonchev–Trinajstić information content (AvgIpc) is 3.15. The van der Waals surface area contributed by atoms with E-state index in [1.807, 2.05) is 0 Å². The van der Waals surface area contributed by atoms with Crippen molar-refractivity contribution in [3.63, 3.8) is 0 Å². The molecule has 28 heavy (non-hydrogen) atoms. The Labute approximate surface area is 163 Å². The Morgan fingerprint density at radius 2 is 2.04 bits per heavy atom. The zero-order chi connectivity index (χ0) is 21.3. The van der Waals surface area contributed by atoms with Crippen LogP contribution >= 0.6 is 0 Å². The van der Waals surface area contributed by atoms with E-state index >= 15 is 0 Å². The van der Waals surface area contributed by atoms with E-state index in [0.717, 1.165) is 0 Å². The van der Waals surface area contributed by atoms with E-state index in [2.05, 4.69) is 0 Å². The first-order valence-electron chi connectivity index (χ1n) is 8.66. The molecule has 3 atom stereocenters. The fraction of sp³-hybridized carbons (Fsp3) is 0.611. The Hall–Kier alpha value is -2.20. The van der Waals surface area contributed by atoms with Crippen LogP contribution in [0.1, 0.15) is 39.7 Å². The monoisotopic (exact) mass is 415 g/mol. The van der Waals surface area contributed by atoms with Gasteiger partial charge < -0.3 is 19.6 Å². The van der Waals surface area contributed by atoms with Gasteiger partial charge in [0.15, 0.2) is 26.8 Å². The van der Waals surface area contributed by atoms with Crippen molar-refractivity contribution in [1.82, 2.24) is 0 Å². The molecule has 0 saturated carbocycles. The molecule has 0 aromatic carbocycles. The van der Waals surface area contributed by atoms with Crippen molar-refractivity contribution >= 4 is 27.5 Å². The minimum atomic E-state index is -4.00. The van der Waals surface area contributed by atoms with E-state index < -0.39 is 62.2 Å². The zero-order valence-electron chi connectivity index (χ0n) is 16.3. The summed E-state index contributed by atoms with van der Waals surface area (Å²) in [5.74, 6) is -3.18. The number of ketones is 1. The van der Waals surface area contributed by atoms with Crippen LogP contribution in [0.3, 0.4) is 0 Å². The molecule has 1 fully saturated rings. The third-order valence-corrected chi connectivity index (χ3v) is 6.43. The second kappa shape index (κ2) is 7.67. The van der Waals surface area contributed by atoms with E-state index in [1.165, 1.54) is 25.5 Å².